The third kappa shape index (κ3) is 6.99. The number of carbonyl (C=O) groups excluding carboxylic acids is 2. The summed E-state index contributed by atoms with van der Waals surface area (Å²) in [7, 11) is 2.96. The molecule has 0 saturated carbocycles. The Bertz CT molecular complexity index is 115. The predicted molar refractivity (Wildman–Crippen MR) is 43.9 cm³/mol. The second-order valence-corrected chi connectivity index (χ2v) is 1.86. The molecule has 2 N–H and O–H groups in total. The van der Waals surface area contributed by atoms with E-state index < -0.39 is 0 Å². The molecule has 0 unspecified atom stereocenters. The lowest BCUT2D eigenvalue weighted by atomic mass is 10.3. The molecule has 0 aromatic rings. The number of hydrogen-bond acceptors (Lipinski definition) is 3. The van der Waals surface area contributed by atoms with E-state index in [0.29, 0.717) is 12.8 Å². The van der Waals surface area contributed by atoms with Crippen LogP contribution in [0.1, 0.15) is 19.8 Å². The SMILES string of the molecule is CCCC(=O)N(C)C=O.CN. The molecule has 0 radical (unpaired) electrons. The van der Waals surface area contributed by atoms with Crippen LogP contribution >= 0.6 is 0 Å². The van der Waals surface area contributed by atoms with E-state index in [9.17, 15) is 9.59 Å². The Kier molecular flexibility index (Phi) is 10.5. The van der Waals surface area contributed by atoms with E-state index in [1.54, 1.807) is 0 Å². The van der Waals surface area contributed by atoms with Gasteiger partial charge in [0, 0.05) is 13.5 Å². The van der Waals surface area contributed by atoms with Gasteiger partial charge in [-0.25, -0.2) is 0 Å². The van der Waals surface area contributed by atoms with E-state index in [4.69, 9.17) is 0 Å². The molecule has 0 aliphatic carbocycles. The second kappa shape index (κ2) is 9.10. The summed E-state index contributed by atoms with van der Waals surface area (Å²) in [4.78, 5) is 21.7. The molecule has 4 nitrogen and oxygen atoms in total. The molecule has 0 atom stereocenters. The van der Waals surface area contributed by atoms with Crippen molar-refractivity contribution >= 4 is 12.3 Å². The van der Waals surface area contributed by atoms with Gasteiger partial charge in [0.25, 0.3) is 0 Å². The number of hydrogen-bond donors (Lipinski definition) is 1. The molecule has 66 valence electrons. The standard InChI is InChI=1S/C6H11NO2.CH5N/c1-3-4-6(9)7(2)5-8;1-2/h5H,3-4H2,1-2H3;2H2,1H3. The molecule has 0 saturated heterocycles. The fraction of sp³-hybridized carbons (Fsp3) is 0.714. The van der Waals surface area contributed by atoms with Crippen LogP contribution in [-0.4, -0.2) is 31.3 Å². The van der Waals surface area contributed by atoms with Crippen LogP contribution in [0.5, 0.6) is 0 Å². The van der Waals surface area contributed by atoms with Crippen LogP contribution in [0.4, 0.5) is 0 Å². The van der Waals surface area contributed by atoms with Gasteiger partial charge in [-0.05, 0) is 13.5 Å². The van der Waals surface area contributed by atoms with Crippen molar-refractivity contribution in [3.8, 4) is 0 Å². The Hall–Kier alpha value is -0.900. The van der Waals surface area contributed by atoms with Gasteiger partial charge in [-0.15, -0.1) is 0 Å². The first kappa shape index (κ1) is 12.7. The third-order valence-corrected chi connectivity index (χ3v) is 1.02. The van der Waals surface area contributed by atoms with E-state index in [1.807, 2.05) is 6.92 Å². The molecule has 0 fully saturated rings. The average Bonchev–Trinajstić information content (AvgIpc) is 2.07. The lowest BCUT2D eigenvalue weighted by Gasteiger charge is -2.05. The molecule has 0 spiro atoms. The highest BCUT2D eigenvalue weighted by atomic mass is 16.2. The molecule has 0 aromatic carbocycles. The first-order valence-corrected chi connectivity index (χ1v) is 3.51. The van der Waals surface area contributed by atoms with Gasteiger partial charge < -0.3 is 5.73 Å². The van der Waals surface area contributed by atoms with Gasteiger partial charge in [0.2, 0.25) is 12.3 Å². The fourth-order valence-electron chi connectivity index (χ4n) is 0.449. The minimum atomic E-state index is -0.118. The number of carbonyl (C=O) groups is 2. The summed E-state index contributed by atoms with van der Waals surface area (Å²) in [5.74, 6) is -0.118. The fourth-order valence-corrected chi connectivity index (χ4v) is 0.449. The highest BCUT2D eigenvalue weighted by Crippen LogP contribution is 1.90. The number of nitrogens with zero attached hydrogens (tertiary/aromatic N) is 1. The summed E-state index contributed by atoms with van der Waals surface area (Å²) >= 11 is 0. The van der Waals surface area contributed by atoms with Gasteiger partial charge in [0.15, 0.2) is 0 Å². The smallest absolute Gasteiger partial charge is 0.228 e. The third-order valence-electron chi connectivity index (χ3n) is 1.02. The van der Waals surface area contributed by atoms with E-state index >= 15 is 0 Å². The summed E-state index contributed by atoms with van der Waals surface area (Å²) in [5, 5.41) is 0. The molecule has 0 aliphatic rings. The molecule has 0 bridgehead atoms. The Morgan fingerprint density at radius 3 is 2.27 bits per heavy atom. The van der Waals surface area contributed by atoms with Crippen LogP contribution in [0.15, 0.2) is 0 Å². The number of rotatable bonds is 3. The van der Waals surface area contributed by atoms with Crippen molar-refractivity contribution in [2.45, 2.75) is 19.8 Å². The highest BCUT2D eigenvalue weighted by Gasteiger charge is 2.03. The minimum absolute atomic E-state index is 0.118. The van der Waals surface area contributed by atoms with Crippen molar-refractivity contribution in [2.24, 2.45) is 5.73 Å². The van der Waals surface area contributed by atoms with Gasteiger partial charge in [-0.3, -0.25) is 14.5 Å². The van der Waals surface area contributed by atoms with Crippen LogP contribution in [0.25, 0.3) is 0 Å². The van der Waals surface area contributed by atoms with Gasteiger partial charge >= 0.3 is 0 Å². The molecule has 4 heteroatoms. The zero-order chi connectivity index (χ0) is 9.28. The van der Waals surface area contributed by atoms with Gasteiger partial charge in [-0.1, -0.05) is 6.92 Å². The molecule has 0 aromatic heterocycles. The minimum Gasteiger partial charge on any atom is -0.333 e. The molecule has 11 heavy (non-hydrogen) atoms. The van der Waals surface area contributed by atoms with Crippen molar-refractivity contribution in [2.75, 3.05) is 14.1 Å². The average molecular weight is 160 g/mol. The van der Waals surface area contributed by atoms with Gasteiger partial charge in [0.05, 0.1) is 0 Å². The molecular formula is C7H16N2O2. The van der Waals surface area contributed by atoms with Gasteiger partial charge in [-0.2, -0.15) is 0 Å². The molecular weight excluding hydrogens is 144 g/mol. The Balaban J connectivity index is 0. The van der Waals surface area contributed by atoms with Crippen LogP contribution in [0.3, 0.4) is 0 Å². The molecule has 0 heterocycles. The van der Waals surface area contributed by atoms with E-state index in [0.717, 1.165) is 11.3 Å². The first-order chi connectivity index (χ1) is 5.22. The maximum atomic E-state index is 10.7. The van der Waals surface area contributed by atoms with Crippen molar-refractivity contribution < 1.29 is 9.59 Å². The largest absolute Gasteiger partial charge is 0.333 e. The first-order valence-electron chi connectivity index (χ1n) is 3.51. The maximum Gasteiger partial charge on any atom is 0.228 e. The normalized spacial score (nSPS) is 7.64. The molecule has 2 amide bonds. The quantitative estimate of drug-likeness (QED) is 0.590. The van der Waals surface area contributed by atoms with Crippen LogP contribution in [0, 0.1) is 0 Å². The van der Waals surface area contributed by atoms with E-state index in [-0.39, 0.29) is 5.91 Å². The highest BCUT2D eigenvalue weighted by molar-refractivity contribution is 5.85. The van der Waals surface area contributed by atoms with Crippen molar-refractivity contribution in [1.82, 2.24) is 4.90 Å². The van der Waals surface area contributed by atoms with E-state index in [1.165, 1.54) is 14.1 Å². The van der Waals surface area contributed by atoms with Crippen LogP contribution in [0.2, 0.25) is 0 Å². The van der Waals surface area contributed by atoms with E-state index in [2.05, 4.69) is 5.73 Å². The predicted octanol–water partition coefficient (Wildman–Crippen LogP) is -0.0238. The monoisotopic (exact) mass is 160 g/mol. The summed E-state index contributed by atoms with van der Waals surface area (Å²) in [6.45, 7) is 1.90. The summed E-state index contributed by atoms with van der Waals surface area (Å²) in [6.07, 6.45) is 1.77. The zero-order valence-corrected chi connectivity index (χ0v) is 7.33. The van der Waals surface area contributed by atoms with Crippen molar-refractivity contribution in [3.05, 3.63) is 0 Å². The molecule has 0 aliphatic heterocycles. The lowest BCUT2D eigenvalue weighted by molar-refractivity contribution is -0.136. The van der Waals surface area contributed by atoms with Crippen LogP contribution in [-0.2, 0) is 9.59 Å². The van der Waals surface area contributed by atoms with Crippen molar-refractivity contribution in [3.63, 3.8) is 0 Å². The number of nitrogens with two attached hydrogens (primary N) is 1. The number of imide groups is 1. The Labute approximate surface area is 67.4 Å². The summed E-state index contributed by atoms with van der Waals surface area (Å²) in [6, 6.07) is 0. The number of amides is 2. The Morgan fingerprint density at radius 1 is 1.55 bits per heavy atom. The summed E-state index contributed by atoms with van der Waals surface area (Å²) in [5.41, 5.74) is 4.50. The van der Waals surface area contributed by atoms with Gasteiger partial charge in [0.1, 0.15) is 0 Å². The second-order valence-electron chi connectivity index (χ2n) is 1.86. The Morgan fingerprint density at radius 2 is 2.00 bits per heavy atom. The summed E-state index contributed by atoms with van der Waals surface area (Å²) < 4.78 is 0. The maximum absolute atomic E-state index is 10.7. The molecule has 0 rings (SSSR count). The zero-order valence-electron chi connectivity index (χ0n) is 7.33. The lowest BCUT2D eigenvalue weighted by Crippen LogP contribution is -2.24. The van der Waals surface area contributed by atoms with Crippen LogP contribution < -0.4 is 5.73 Å². The van der Waals surface area contributed by atoms with Crippen molar-refractivity contribution in [1.29, 1.82) is 0 Å². The topological polar surface area (TPSA) is 63.4 Å².